The number of rotatable bonds is 5. The summed E-state index contributed by atoms with van der Waals surface area (Å²) in [5.74, 6) is 1.00. The Morgan fingerprint density at radius 1 is 1.09 bits per heavy atom. The van der Waals surface area contributed by atoms with E-state index in [2.05, 4.69) is 20.8 Å². The maximum atomic E-state index is 12.1. The summed E-state index contributed by atoms with van der Waals surface area (Å²) in [4.78, 5) is 24.3. The van der Waals surface area contributed by atoms with Crippen molar-refractivity contribution in [1.29, 1.82) is 0 Å². The van der Waals surface area contributed by atoms with Crippen LogP contribution in [0, 0.1) is 29.1 Å². The van der Waals surface area contributed by atoms with Gasteiger partial charge in [0.15, 0.2) is 0 Å². The molecule has 0 spiro atoms. The molecule has 0 aromatic heterocycles. The lowest BCUT2D eigenvalue weighted by atomic mass is 9.48. The second-order valence-corrected chi connectivity index (χ2v) is 7.11. The highest BCUT2D eigenvalue weighted by Crippen LogP contribution is 2.65. The normalized spacial score (nSPS) is 31.7. The second kappa shape index (κ2) is 6.43. The first-order valence-corrected chi connectivity index (χ1v) is 8.40. The molecule has 0 amide bonds. The number of carbonyl (C=O) groups is 2. The zero-order chi connectivity index (χ0) is 16.5. The van der Waals surface area contributed by atoms with Crippen LogP contribution in [0.3, 0.4) is 0 Å². The molecule has 0 aliphatic heterocycles. The van der Waals surface area contributed by atoms with Gasteiger partial charge in [-0.3, -0.25) is 0 Å². The standard InChI is InChI=1S/C18H28O4/c1-6-21-16(19)12(17(20)22-7-2)10-14-15-11(3)8-9-13(15)18(14,4)5/h10-11,13-15H,6-9H2,1-5H3/t11-,13-,14-,15+/m1/s1. The van der Waals surface area contributed by atoms with Gasteiger partial charge in [-0.15, -0.1) is 0 Å². The fraction of sp³-hybridized carbons (Fsp3) is 0.778. The van der Waals surface area contributed by atoms with Gasteiger partial charge in [-0.2, -0.15) is 0 Å². The van der Waals surface area contributed by atoms with Gasteiger partial charge >= 0.3 is 11.9 Å². The number of ether oxygens (including phenoxy) is 2. The molecule has 2 fully saturated rings. The Morgan fingerprint density at radius 2 is 1.64 bits per heavy atom. The highest BCUT2D eigenvalue weighted by Gasteiger charge is 2.59. The first-order chi connectivity index (χ1) is 10.3. The first-order valence-electron chi connectivity index (χ1n) is 8.40. The average Bonchev–Trinajstić information content (AvgIpc) is 2.79. The fourth-order valence-corrected chi connectivity index (χ4v) is 4.46. The van der Waals surface area contributed by atoms with Crippen molar-refractivity contribution >= 4 is 11.9 Å². The Hall–Kier alpha value is -1.32. The van der Waals surface area contributed by atoms with E-state index in [1.54, 1.807) is 13.8 Å². The van der Waals surface area contributed by atoms with Crippen molar-refractivity contribution in [1.82, 2.24) is 0 Å². The summed E-state index contributed by atoms with van der Waals surface area (Å²) < 4.78 is 10.1. The van der Waals surface area contributed by atoms with E-state index < -0.39 is 11.9 Å². The van der Waals surface area contributed by atoms with Crippen molar-refractivity contribution in [3.05, 3.63) is 11.6 Å². The van der Waals surface area contributed by atoms with Crippen molar-refractivity contribution in [2.24, 2.45) is 29.1 Å². The Kier molecular flexibility index (Phi) is 4.98. The molecule has 2 rings (SSSR count). The predicted octanol–water partition coefficient (Wildman–Crippen LogP) is 3.36. The number of carbonyl (C=O) groups excluding carboxylic acids is 2. The Labute approximate surface area is 133 Å². The third-order valence-corrected chi connectivity index (χ3v) is 5.62. The van der Waals surface area contributed by atoms with Crippen molar-refractivity contribution in [3.8, 4) is 0 Å². The third-order valence-electron chi connectivity index (χ3n) is 5.62. The summed E-state index contributed by atoms with van der Waals surface area (Å²) in [6.07, 6.45) is 4.31. The second-order valence-electron chi connectivity index (χ2n) is 7.11. The van der Waals surface area contributed by atoms with Gasteiger partial charge in [-0.05, 0) is 49.4 Å². The molecular formula is C18H28O4. The van der Waals surface area contributed by atoms with Gasteiger partial charge in [0.05, 0.1) is 13.2 Å². The highest BCUT2D eigenvalue weighted by atomic mass is 16.6. The van der Waals surface area contributed by atoms with Crippen molar-refractivity contribution in [2.45, 2.75) is 47.5 Å². The average molecular weight is 308 g/mol. The number of allylic oxidation sites excluding steroid dienone is 1. The predicted molar refractivity (Wildman–Crippen MR) is 84.0 cm³/mol. The monoisotopic (exact) mass is 308 g/mol. The van der Waals surface area contributed by atoms with Crippen LogP contribution in [0.4, 0.5) is 0 Å². The van der Waals surface area contributed by atoms with Gasteiger partial charge in [0.1, 0.15) is 5.57 Å². The molecule has 0 aromatic carbocycles. The molecule has 0 bridgehead atoms. The van der Waals surface area contributed by atoms with Gasteiger partial charge in [0, 0.05) is 0 Å². The largest absolute Gasteiger partial charge is 0.462 e. The molecule has 0 aromatic rings. The minimum atomic E-state index is -0.564. The summed E-state index contributed by atoms with van der Waals surface area (Å²) in [7, 11) is 0. The van der Waals surface area contributed by atoms with Crippen LogP contribution in [0.1, 0.15) is 47.5 Å². The molecule has 0 unspecified atom stereocenters. The fourth-order valence-electron chi connectivity index (χ4n) is 4.46. The lowest BCUT2D eigenvalue weighted by Crippen LogP contribution is -2.52. The molecular weight excluding hydrogens is 280 g/mol. The van der Waals surface area contributed by atoms with Crippen molar-refractivity contribution in [3.63, 3.8) is 0 Å². The third kappa shape index (κ3) is 2.80. The van der Waals surface area contributed by atoms with Gasteiger partial charge < -0.3 is 9.47 Å². The smallest absolute Gasteiger partial charge is 0.345 e. The lowest BCUT2D eigenvalue weighted by Gasteiger charge is -2.56. The number of fused-ring (bicyclic) bond motifs is 1. The van der Waals surface area contributed by atoms with Crippen LogP contribution < -0.4 is 0 Å². The molecule has 0 saturated heterocycles. The van der Waals surface area contributed by atoms with Gasteiger partial charge in [0.25, 0.3) is 0 Å². The lowest BCUT2D eigenvalue weighted by molar-refractivity contribution is -0.147. The molecule has 22 heavy (non-hydrogen) atoms. The maximum Gasteiger partial charge on any atom is 0.345 e. The van der Waals surface area contributed by atoms with E-state index in [-0.39, 0.29) is 30.1 Å². The molecule has 4 heteroatoms. The highest BCUT2D eigenvalue weighted by molar-refractivity contribution is 6.14. The SMILES string of the molecule is CCOC(=O)C(=C[C@@H]1[C@H]2[C@H](C)CC[C@H]2C1(C)C)C(=O)OCC. The van der Waals surface area contributed by atoms with Crippen LogP contribution in [0.2, 0.25) is 0 Å². The van der Waals surface area contributed by atoms with E-state index in [1.165, 1.54) is 12.8 Å². The van der Waals surface area contributed by atoms with Crippen LogP contribution in [-0.4, -0.2) is 25.2 Å². The quantitative estimate of drug-likeness (QED) is 0.338. The molecule has 2 saturated carbocycles. The summed E-state index contributed by atoms with van der Waals surface area (Å²) in [5, 5.41) is 0. The molecule has 0 heterocycles. The summed E-state index contributed by atoms with van der Waals surface area (Å²) in [5.41, 5.74) is 0.193. The molecule has 4 nitrogen and oxygen atoms in total. The Morgan fingerprint density at radius 3 is 2.14 bits per heavy atom. The molecule has 124 valence electrons. The minimum absolute atomic E-state index is 0.0688. The van der Waals surface area contributed by atoms with Crippen molar-refractivity contribution < 1.29 is 19.1 Å². The summed E-state index contributed by atoms with van der Waals surface area (Å²) in [6, 6.07) is 0. The number of hydrogen-bond acceptors (Lipinski definition) is 4. The summed E-state index contributed by atoms with van der Waals surface area (Å²) >= 11 is 0. The van der Waals surface area contributed by atoms with Crippen LogP contribution >= 0.6 is 0 Å². The van der Waals surface area contributed by atoms with Crippen LogP contribution in [0.5, 0.6) is 0 Å². The Balaban J connectivity index is 2.28. The van der Waals surface area contributed by atoms with Crippen LogP contribution in [0.25, 0.3) is 0 Å². The zero-order valence-corrected chi connectivity index (χ0v) is 14.3. The zero-order valence-electron chi connectivity index (χ0n) is 14.3. The van der Waals surface area contributed by atoms with Crippen LogP contribution in [0.15, 0.2) is 11.6 Å². The van der Waals surface area contributed by atoms with Crippen molar-refractivity contribution in [2.75, 3.05) is 13.2 Å². The molecule has 2 aliphatic rings. The van der Waals surface area contributed by atoms with Gasteiger partial charge in [-0.25, -0.2) is 9.59 Å². The minimum Gasteiger partial charge on any atom is -0.462 e. The first kappa shape index (κ1) is 17.0. The van der Waals surface area contributed by atoms with E-state index in [4.69, 9.17) is 9.47 Å². The van der Waals surface area contributed by atoms with E-state index in [1.807, 2.05) is 6.08 Å². The van der Waals surface area contributed by atoms with Gasteiger partial charge in [0.2, 0.25) is 0 Å². The molecule has 0 radical (unpaired) electrons. The molecule has 2 aliphatic carbocycles. The number of esters is 2. The van der Waals surface area contributed by atoms with E-state index >= 15 is 0 Å². The maximum absolute atomic E-state index is 12.1. The van der Waals surface area contributed by atoms with E-state index in [0.717, 1.165) is 0 Å². The topological polar surface area (TPSA) is 52.6 Å². The van der Waals surface area contributed by atoms with Gasteiger partial charge in [-0.1, -0.05) is 33.3 Å². The van der Waals surface area contributed by atoms with E-state index in [0.29, 0.717) is 17.8 Å². The Bertz CT molecular complexity index is 457. The molecule has 0 N–H and O–H groups in total. The van der Waals surface area contributed by atoms with Crippen LogP contribution in [-0.2, 0) is 19.1 Å². The number of hydrogen-bond donors (Lipinski definition) is 0. The molecule has 4 atom stereocenters. The summed E-state index contributed by atoms with van der Waals surface area (Å²) in [6.45, 7) is 10.7. The van der Waals surface area contributed by atoms with E-state index in [9.17, 15) is 9.59 Å².